The van der Waals surface area contributed by atoms with E-state index in [1.54, 1.807) is 0 Å². The van der Waals surface area contributed by atoms with Gasteiger partial charge in [-0.3, -0.25) is 4.79 Å². The van der Waals surface area contributed by atoms with Crippen molar-refractivity contribution in [3.63, 3.8) is 0 Å². The van der Waals surface area contributed by atoms with E-state index in [1.165, 1.54) is 11.8 Å². The third kappa shape index (κ3) is 2.95. The largest absolute Gasteiger partial charge is 0.481 e. The zero-order valence-electron chi connectivity index (χ0n) is 12.8. The van der Waals surface area contributed by atoms with E-state index in [2.05, 4.69) is 0 Å². The molecule has 0 spiro atoms. The average molecular weight is 311 g/mol. The molecule has 0 aromatic carbocycles. The minimum atomic E-state index is -0.823. The van der Waals surface area contributed by atoms with Crippen LogP contribution in [0.1, 0.15) is 34.1 Å². The van der Waals surface area contributed by atoms with Crippen LogP contribution in [-0.4, -0.2) is 34.6 Å². The lowest BCUT2D eigenvalue weighted by atomic mass is 10.0. The Bertz CT molecular complexity index is 524. The molecule has 2 heterocycles. The van der Waals surface area contributed by atoms with E-state index in [1.807, 2.05) is 38.0 Å². The number of hydrogen-bond acceptors (Lipinski definition) is 5. The Morgan fingerprint density at radius 2 is 2.19 bits per heavy atom. The van der Waals surface area contributed by atoms with Crippen LogP contribution in [0.4, 0.5) is 0 Å². The van der Waals surface area contributed by atoms with Crippen molar-refractivity contribution in [1.29, 1.82) is 0 Å². The number of fused-ring (bicyclic) bond motifs is 1. The molecular formula is C15H21NO4S. The van der Waals surface area contributed by atoms with E-state index in [0.29, 0.717) is 18.5 Å². The van der Waals surface area contributed by atoms with Gasteiger partial charge in [0.05, 0.1) is 22.6 Å². The van der Waals surface area contributed by atoms with Crippen LogP contribution in [0.5, 0.6) is 0 Å². The maximum atomic E-state index is 12.2. The van der Waals surface area contributed by atoms with E-state index in [-0.39, 0.29) is 18.0 Å². The van der Waals surface area contributed by atoms with Gasteiger partial charge in [0.2, 0.25) is 0 Å². The fourth-order valence-corrected chi connectivity index (χ4v) is 3.92. The first-order valence-corrected chi connectivity index (χ1v) is 8.06. The number of thioether (sulfide) groups is 1. The summed E-state index contributed by atoms with van der Waals surface area (Å²) >= 11 is 1.43. The van der Waals surface area contributed by atoms with Gasteiger partial charge in [0.25, 0.3) is 0 Å². The number of carboxylic acids is 1. The van der Waals surface area contributed by atoms with E-state index in [9.17, 15) is 14.7 Å². The summed E-state index contributed by atoms with van der Waals surface area (Å²) in [5.74, 6) is -1.59. The first kappa shape index (κ1) is 15.9. The highest BCUT2D eigenvalue weighted by atomic mass is 32.2. The average Bonchev–Trinajstić information content (AvgIpc) is 2.87. The molecular weight excluding hydrogens is 290 g/mol. The highest BCUT2D eigenvalue weighted by Gasteiger charge is 2.41. The monoisotopic (exact) mass is 311 g/mol. The molecule has 0 saturated heterocycles. The Kier molecular flexibility index (Phi) is 4.66. The molecule has 0 amide bonds. The third-order valence-corrected chi connectivity index (χ3v) is 4.68. The zero-order valence-corrected chi connectivity index (χ0v) is 13.6. The van der Waals surface area contributed by atoms with Crippen molar-refractivity contribution in [1.82, 2.24) is 4.90 Å². The van der Waals surface area contributed by atoms with Crippen LogP contribution >= 0.6 is 11.8 Å². The van der Waals surface area contributed by atoms with Gasteiger partial charge >= 0.3 is 11.9 Å². The first-order chi connectivity index (χ1) is 9.86. The van der Waals surface area contributed by atoms with Gasteiger partial charge in [-0.15, -0.1) is 0 Å². The van der Waals surface area contributed by atoms with Gasteiger partial charge in [0.15, 0.2) is 0 Å². The summed E-state index contributed by atoms with van der Waals surface area (Å²) in [6, 6.07) is 0. The molecule has 116 valence electrons. The van der Waals surface area contributed by atoms with Crippen molar-refractivity contribution >= 4 is 23.7 Å². The minimum Gasteiger partial charge on any atom is -0.481 e. The quantitative estimate of drug-likeness (QED) is 0.788. The second-order valence-corrected chi connectivity index (χ2v) is 6.50. The maximum absolute atomic E-state index is 12.2. The summed E-state index contributed by atoms with van der Waals surface area (Å²) in [4.78, 5) is 25.6. The molecule has 1 N–H and O–H groups in total. The van der Waals surface area contributed by atoms with Crippen LogP contribution in [0.3, 0.4) is 0 Å². The smallest absolute Gasteiger partial charge is 0.337 e. The summed E-state index contributed by atoms with van der Waals surface area (Å²) in [5.41, 5.74) is 1.45. The van der Waals surface area contributed by atoms with Gasteiger partial charge < -0.3 is 14.7 Å². The standard InChI is InChI=1S/C15H21NO4S/c1-5-10(14(17)18)11-7-21-13-12(9(4)6-16(11)13)15(19)20-8(2)3/h7-10H,5-6H2,1-4H3,(H,17,18). The van der Waals surface area contributed by atoms with Crippen LogP contribution in [0, 0.1) is 11.8 Å². The molecule has 2 atom stereocenters. The molecule has 0 fully saturated rings. The van der Waals surface area contributed by atoms with E-state index in [0.717, 1.165) is 10.7 Å². The van der Waals surface area contributed by atoms with Crippen molar-refractivity contribution in [3.05, 3.63) is 21.7 Å². The van der Waals surface area contributed by atoms with Crippen LogP contribution < -0.4 is 0 Å². The first-order valence-electron chi connectivity index (χ1n) is 7.19. The summed E-state index contributed by atoms with van der Waals surface area (Å²) in [6.45, 7) is 8.12. The molecule has 5 nitrogen and oxygen atoms in total. The van der Waals surface area contributed by atoms with E-state index in [4.69, 9.17) is 4.74 Å². The molecule has 0 bridgehead atoms. The van der Waals surface area contributed by atoms with Crippen molar-refractivity contribution in [3.8, 4) is 0 Å². The van der Waals surface area contributed by atoms with Crippen LogP contribution in [0.15, 0.2) is 21.7 Å². The molecule has 2 aliphatic heterocycles. The van der Waals surface area contributed by atoms with Gasteiger partial charge in [-0.2, -0.15) is 0 Å². The molecule has 6 heteroatoms. The van der Waals surface area contributed by atoms with Gasteiger partial charge in [-0.1, -0.05) is 25.6 Å². The number of ether oxygens (including phenoxy) is 1. The summed E-state index contributed by atoms with van der Waals surface area (Å²) in [6.07, 6.45) is 0.374. The maximum Gasteiger partial charge on any atom is 0.337 e. The molecule has 0 radical (unpaired) electrons. The Hall–Kier alpha value is -1.43. The van der Waals surface area contributed by atoms with Gasteiger partial charge in [0.1, 0.15) is 0 Å². The number of esters is 1. The lowest BCUT2D eigenvalue weighted by Gasteiger charge is -2.23. The number of hydrogen-bond donors (Lipinski definition) is 1. The molecule has 2 aliphatic rings. The summed E-state index contributed by atoms with van der Waals surface area (Å²) in [7, 11) is 0. The predicted molar refractivity (Wildman–Crippen MR) is 81.2 cm³/mol. The fourth-order valence-electron chi connectivity index (χ4n) is 2.68. The van der Waals surface area contributed by atoms with Gasteiger partial charge in [-0.25, -0.2) is 4.79 Å². The zero-order chi connectivity index (χ0) is 15.7. The predicted octanol–water partition coefficient (Wildman–Crippen LogP) is 2.80. The Balaban J connectivity index is 2.26. The highest BCUT2D eigenvalue weighted by molar-refractivity contribution is 8.06. The van der Waals surface area contributed by atoms with Crippen LogP contribution in [0.25, 0.3) is 0 Å². The summed E-state index contributed by atoms with van der Waals surface area (Å²) < 4.78 is 5.31. The van der Waals surface area contributed by atoms with Gasteiger partial charge in [-0.05, 0) is 25.7 Å². The topological polar surface area (TPSA) is 66.8 Å². The van der Waals surface area contributed by atoms with Crippen molar-refractivity contribution in [2.75, 3.05) is 6.54 Å². The molecule has 0 aromatic rings. The molecule has 0 saturated carbocycles. The number of carboxylic acid groups (broad SMARTS) is 1. The number of aliphatic carboxylic acids is 1. The Labute approximate surface area is 129 Å². The summed E-state index contributed by atoms with van der Waals surface area (Å²) in [5, 5.41) is 12.0. The van der Waals surface area contributed by atoms with Crippen molar-refractivity contribution in [2.24, 2.45) is 11.8 Å². The van der Waals surface area contributed by atoms with E-state index >= 15 is 0 Å². The second-order valence-electron chi connectivity index (χ2n) is 5.64. The van der Waals surface area contributed by atoms with Crippen molar-refractivity contribution in [2.45, 2.75) is 40.2 Å². The molecule has 2 unspecified atom stereocenters. The van der Waals surface area contributed by atoms with Gasteiger partial charge in [0, 0.05) is 18.2 Å². The minimum absolute atomic E-state index is 0.0498. The van der Waals surface area contributed by atoms with Crippen LogP contribution in [0.2, 0.25) is 0 Å². The normalized spacial score (nSPS) is 22.4. The second kappa shape index (κ2) is 6.13. The Morgan fingerprint density at radius 3 is 2.71 bits per heavy atom. The van der Waals surface area contributed by atoms with Crippen molar-refractivity contribution < 1.29 is 19.4 Å². The lowest BCUT2D eigenvalue weighted by molar-refractivity contribution is -0.143. The number of carbonyl (C=O) groups excluding carboxylic acids is 1. The molecule has 0 aliphatic carbocycles. The fraction of sp³-hybridized carbons (Fsp3) is 0.600. The third-order valence-electron chi connectivity index (χ3n) is 3.65. The SMILES string of the molecule is CCC(C(=O)O)C1=CSC2=C(C(=O)OC(C)C)C(C)CN12. The number of carbonyl (C=O) groups is 2. The molecule has 21 heavy (non-hydrogen) atoms. The number of rotatable bonds is 5. The molecule has 0 aromatic heterocycles. The lowest BCUT2D eigenvalue weighted by Crippen LogP contribution is -2.26. The Morgan fingerprint density at radius 1 is 1.52 bits per heavy atom. The van der Waals surface area contributed by atoms with Crippen LogP contribution in [-0.2, 0) is 14.3 Å². The van der Waals surface area contributed by atoms with E-state index < -0.39 is 11.9 Å². The highest BCUT2D eigenvalue weighted by Crippen LogP contribution is 2.47. The number of nitrogens with zero attached hydrogens (tertiary/aromatic N) is 1. The molecule has 2 rings (SSSR count).